The highest BCUT2D eigenvalue weighted by Crippen LogP contribution is 2.28. The van der Waals surface area contributed by atoms with E-state index in [1.165, 1.54) is 11.5 Å². The van der Waals surface area contributed by atoms with Gasteiger partial charge in [0.2, 0.25) is 0 Å². The van der Waals surface area contributed by atoms with E-state index in [0.717, 1.165) is 21.3 Å². The number of rotatable bonds is 4. The summed E-state index contributed by atoms with van der Waals surface area (Å²) < 4.78 is 5.93. The van der Waals surface area contributed by atoms with E-state index in [-0.39, 0.29) is 5.91 Å². The van der Waals surface area contributed by atoms with E-state index < -0.39 is 0 Å². The minimum absolute atomic E-state index is 0.186. The molecule has 1 amide bonds. The summed E-state index contributed by atoms with van der Waals surface area (Å²) in [6, 6.07) is 15.5. The lowest BCUT2D eigenvalue weighted by Crippen LogP contribution is -2.11. The number of hydrogen-bond acceptors (Lipinski definition) is 5. The molecule has 5 nitrogen and oxygen atoms in total. The monoisotopic (exact) mass is 366 g/mol. The van der Waals surface area contributed by atoms with Gasteiger partial charge in [0.15, 0.2) is 0 Å². The SMILES string of the molecule is Cc1cc(NC(=O)c2cn(-c3ccccc3)nc2-c2cccs2)sn1. The Balaban J connectivity index is 1.74. The van der Waals surface area contributed by atoms with Gasteiger partial charge in [-0.05, 0) is 48.1 Å². The second kappa shape index (κ2) is 6.62. The van der Waals surface area contributed by atoms with Crippen LogP contribution in [0.1, 0.15) is 16.1 Å². The summed E-state index contributed by atoms with van der Waals surface area (Å²) in [4.78, 5) is 13.8. The minimum Gasteiger partial charge on any atom is -0.312 e. The summed E-state index contributed by atoms with van der Waals surface area (Å²) in [5.41, 5.74) is 3.02. The number of carbonyl (C=O) groups is 1. The molecule has 1 N–H and O–H groups in total. The zero-order valence-corrected chi connectivity index (χ0v) is 15.0. The molecule has 7 heteroatoms. The molecule has 0 aliphatic carbocycles. The number of aromatic nitrogens is 3. The molecule has 4 rings (SSSR count). The van der Waals surface area contributed by atoms with Gasteiger partial charge in [-0.15, -0.1) is 11.3 Å². The molecule has 0 atom stereocenters. The van der Waals surface area contributed by atoms with E-state index in [1.54, 1.807) is 22.2 Å². The maximum Gasteiger partial charge on any atom is 0.260 e. The van der Waals surface area contributed by atoms with Crippen molar-refractivity contribution in [3.63, 3.8) is 0 Å². The van der Waals surface area contributed by atoms with E-state index in [1.807, 2.05) is 60.8 Å². The Kier molecular flexibility index (Phi) is 4.17. The number of benzene rings is 1. The van der Waals surface area contributed by atoms with Gasteiger partial charge in [-0.1, -0.05) is 24.3 Å². The van der Waals surface area contributed by atoms with Gasteiger partial charge in [-0.25, -0.2) is 4.68 Å². The van der Waals surface area contributed by atoms with Crippen LogP contribution < -0.4 is 5.32 Å². The first-order valence-corrected chi connectivity index (χ1v) is 9.29. The van der Waals surface area contributed by atoms with Crippen LogP contribution in [0, 0.1) is 6.92 Å². The van der Waals surface area contributed by atoms with Gasteiger partial charge in [0.05, 0.1) is 21.8 Å². The largest absolute Gasteiger partial charge is 0.312 e. The first kappa shape index (κ1) is 15.7. The van der Waals surface area contributed by atoms with Crippen molar-refractivity contribution in [2.45, 2.75) is 6.92 Å². The quantitative estimate of drug-likeness (QED) is 0.573. The summed E-state index contributed by atoms with van der Waals surface area (Å²) in [5.74, 6) is -0.186. The van der Waals surface area contributed by atoms with Crippen molar-refractivity contribution in [2.75, 3.05) is 5.32 Å². The van der Waals surface area contributed by atoms with Crippen LogP contribution >= 0.6 is 22.9 Å². The molecule has 0 fully saturated rings. The Morgan fingerprint density at radius 2 is 2.00 bits per heavy atom. The van der Waals surface area contributed by atoms with E-state index in [2.05, 4.69) is 14.8 Å². The molecule has 4 aromatic rings. The summed E-state index contributed by atoms with van der Waals surface area (Å²) in [6.45, 7) is 1.90. The smallest absolute Gasteiger partial charge is 0.260 e. The molecule has 0 radical (unpaired) electrons. The lowest BCUT2D eigenvalue weighted by Gasteiger charge is -2.01. The molecule has 25 heavy (non-hydrogen) atoms. The highest BCUT2D eigenvalue weighted by molar-refractivity contribution is 7.13. The molecule has 0 saturated heterocycles. The molecule has 0 aliphatic rings. The third kappa shape index (κ3) is 3.24. The fourth-order valence-corrected chi connectivity index (χ4v) is 3.83. The van der Waals surface area contributed by atoms with Crippen molar-refractivity contribution < 1.29 is 4.79 Å². The molecule has 0 unspecified atom stereocenters. The average Bonchev–Trinajstić information content (AvgIpc) is 3.35. The van der Waals surface area contributed by atoms with E-state index in [4.69, 9.17) is 0 Å². The number of para-hydroxylation sites is 1. The zero-order valence-electron chi connectivity index (χ0n) is 13.3. The van der Waals surface area contributed by atoms with E-state index in [0.29, 0.717) is 11.3 Å². The van der Waals surface area contributed by atoms with Crippen molar-refractivity contribution in [2.24, 2.45) is 0 Å². The van der Waals surface area contributed by atoms with Gasteiger partial charge in [0.1, 0.15) is 10.7 Å². The van der Waals surface area contributed by atoms with Gasteiger partial charge < -0.3 is 5.32 Å². The standard InChI is InChI=1S/C18H14N4OS2/c1-12-10-16(25-21-12)19-18(23)14-11-22(13-6-3-2-4-7-13)20-17(14)15-8-5-9-24-15/h2-11H,1H3,(H,19,23). The van der Waals surface area contributed by atoms with Crippen molar-refractivity contribution >= 4 is 33.8 Å². The van der Waals surface area contributed by atoms with Crippen LogP contribution in [0.2, 0.25) is 0 Å². The molecular weight excluding hydrogens is 352 g/mol. The molecule has 0 aliphatic heterocycles. The first-order valence-electron chi connectivity index (χ1n) is 7.64. The maximum absolute atomic E-state index is 12.8. The van der Waals surface area contributed by atoms with Crippen LogP contribution in [0.3, 0.4) is 0 Å². The third-order valence-corrected chi connectivity index (χ3v) is 5.27. The number of nitrogens with one attached hydrogen (secondary N) is 1. The van der Waals surface area contributed by atoms with Crippen molar-refractivity contribution in [3.05, 3.63) is 71.4 Å². The van der Waals surface area contributed by atoms with E-state index >= 15 is 0 Å². The predicted molar refractivity (Wildman–Crippen MR) is 102 cm³/mol. The second-order valence-corrected chi connectivity index (χ2v) is 7.19. The molecule has 0 spiro atoms. The predicted octanol–water partition coefficient (Wildman–Crippen LogP) is 4.62. The van der Waals surface area contributed by atoms with Crippen LogP contribution in [0.25, 0.3) is 16.3 Å². The molecule has 0 bridgehead atoms. The summed E-state index contributed by atoms with van der Waals surface area (Å²) in [6.07, 6.45) is 1.77. The zero-order chi connectivity index (χ0) is 17.2. The number of nitrogens with zero attached hydrogens (tertiary/aromatic N) is 3. The highest BCUT2D eigenvalue weighted by atomic mass is 32.1. The summed E-state index contributed by atoms with van der Waals surface area (Å²) in [7, 11) is 0. The van der Waals surface area contributed by atoms with Crippen molar-refractivity contribution in [3.8, 4) is 16.3 Å². The minimum atomic E-state index is -0.186. The van der Waals surface area contributed by atoms with Crippen LogP contribution in [-0.4, -0.2) is 20.1 Å². The molecule has 3 aromatic heterocycles. The Labute approximate surface area is 152 Å². The molecular formula is C18H14N4OS2. The molecule has 0 saturated carbocycles. The van der Waals surface area contributed by atoms with Gasteiger partial charge in [0, 0.05) is 6.20 Å². The van der Waals surface area contributed by atoms with Gasteiger partial charge >= 0.3 is 0 Å². The van der Waals surface area contributed by atoms with Crippen LogP contribution in [0.15, 0.2) is 60.1 Å². The molecule has 124 valence electrons. The van der Waals surface area contributed by atoms with Crippen LogP contribution in [0.4, 0.5) is 5.00 Å². The Morgan fingerprint density at radius 3 is 2.68 bits per heavy atom. The average molecular weight is 366 g/mol. The number of thiophene rings is 1. The van der Waals surface area contributed by atoms with Crippen LogP contribution in [-0.2, 0) is 0 Å². The number of aryl methyl sites for hydroxylation is 1. The maximum atomic E-state index is 12.8. The van der Waals surface area contributed by atoms with Gasteiger partial charge in [-0.2, -0.15) is 9.47 Å². The van der Waals surface area contributed by atoms with Gasteiger partial charge in [0.25, 0.3) is 5.91 Å². The van der Waals surface area contributed by atoms with Crippen molar-refractivity contribution in [1.29, 1.82) is 0 Å². The molecule has 3 heterocycles. The Bertz CT molecular complexity index is 1000. The summed E-state index contributed by atoms with van der Waals surface area (Å²) in [5, 5.41) is 10.3. The fourth-order valence-electron chi connectivity index (χ4n) is 2.45. The fraction of sp³-hybridized carbons (Fsp3) is 0.0556. The Hall–Kier alpha value is -2.77. The number of hydrogen-bond donors (Lipinski definition) is 1. The van der Waals surface area contributed by atoms with Crippen LogP contribution in [0.5, 0.6) is 0 Å². The number of amides is 1. The second-order valence-electron chi connectivity index (χ2n) is 5.44. The highest BCUT2D eigenvalue weighted by Gasteiger charge is 2.20. The lowest BCUT2D eigenvalue weighted by molar-refractivity contribution is 0.102. The lowest BCUT2D eigenvalue weighted by atomic mass is 10.2. The third-order valence-electron chi connectivity index (χ3n) is 3.60. The molecule has 1 aromatic carbocycles. The number of carbonyl (C=O) groups excluding carboxylic acids is 1. The van der Waals surface area contributed by atoms with Crippen molar-refractivity contribution in [1.82, 2.24) is 14.2 Å². The first-order chi connectivity index (χ1) is 12.2. The normalized spacial score (nSPS) is 10.8. The van der Waals surface area contributed by atoms with Gasteiger partial charge in [-0.3, -0.25) is 4.79 Å². The van der Waals surface area contributed by atoms with E-state index in [9.17, 15) is 4.79 Å². The topological polar surface area (TPSA) is 59.8 Å². The Morgan fingerprint density at radius 1 is 1.16 bits per heavy atom. The number of anilines is 1. The summed E-state index contributed by atoms with van der Waals surface area (Å²) >= 11 is 2.83.